The molecule has 1 aliphatic rings. The van der Waals surface area contributed by atoms with Crippen molar-refractivity contribution >= 4 is 0 Å². The average molecular weight is 356 g/mol. The fourth-order valence-corrected chi connectivity index (χ4v) is 2.68. The van der Waals surface area contributed by atoms with Gasteiger partial charge >= 0.3 is 12.5 Å². The first-order valence-corrected chi connectivity index (χ1v) is 7.48. The van der Waals surface area contributed by atoms with Crippen LogP contribution in [0.5, 0.6) is 5.75 Å². The molecule has 0 spiro atoms. The first-order chi connectivity index (χ1) is 11.3. The molecule has 0 amide bonds. The van der Waals surface area contributed by atoms with Gasteiger partial charge in [-0.1, -0.05) is 18.2 Å². The second kappa shape index (κ2) is 8.06. The molecule has 1 fully saturated rings. The number of nitrogens with one attached hydrogen (secondary N) is 1. The molecule has 0 saturated carbocycles. The van der Waals surface area contributed by atoms with Gasteiger partial charge < -0.3 is 10.1 Å². The lowest BCUT2D eigenvalue weighted by Crippen LogP contribution is -2.45. The molecule has 1 aliphatic heterocycles. The molecule has 2 rings (SSSR count). The highest BCUT2D eigenvalue weighted by Gasteiger charge is 2.44. The van der Waals surface area contributed by atoms with Crippen LogP contribution in [-0.2, 0) is 0 Å². The molecule has 1 aromatic rings. The molecular weight excluding hydrogens is 338 g/mol. The zero-order valence-electron chi connectivity index (χ0n) is 12.7. The van der Waals surface area contributed by atoms with E-state index < -0.39 is 37.2 Å². The van der Waals surface area contributed by atoms with Crippen LogP contribution in [0, 0.1) is 0 Å². The van der Waals surface area contributed by atoms with E-state index in [4.69, 9.17) is 0 Å². The highest BCUT2D eigenvalue weighted by atomic mass is 19.3. The Morgan fingerprint density at radius 3 is 2.29 bits per heavy atom. The number of rotatable bonds is 7. The van der Waals surface area contributed by atoms with Crippen LogP contribution in [0.4, 0.5) is 26.3 Å². The predicted molar refractivity (Wildman–Crippen MR) is 75.8 cm³/mol. The number of piperazine rings is 1. The number of para-hydroxylation sites is 1. The highest BCUT2D eigenvalue weighted by molar-refractivity contribution is 5.36. The van der Waals surface area contributed by atoms with Crippen molar-refractivity contribution in [3.05, 3.63) is 29.8 Å². The number of hydrogen-bond donors (Lipinski definition) is 1. The maximum atomic E-state index is 13.2. The quantitative estimate of drug-likeness (QED) is 0.757. The Labute approximate surface area is 135 Å². The van der Waals surface area contributed by atoms with Gasteiger partial charge in [-0.2, -0.15) is 17.6 Å². The summed E-state index contributed by atoms with van der Waals surface area (Å²) in [6, 6.07) is 4.36. The van der Waals surface area contributed by atoms with Gasteiger partial charge in [0.25, 0.3) is 0 Å². The molecule has 1 heterocycles. The molecule has 24 heavy (non-hydrogen) atoms. The van der Waals surface area contributed by atoms with Crippen LogP contribution < -0.4 is 10.1 Å². The van der Waals surface area contributed by atoms with E-state index in [1.807, 2.05) is 0 Å². The van der Waals surface area contributed by atoms with Crippen LogP contribution in [-0.4, -0.2) is 50.0 Å². The van der Waals surface area contributed by atoms with Gasteiger partial charge in [0.2, 0.25) is 6.43 Å². The summed E-state index contributed by atoms with van der Waals surface area (Å²) >= 11 is 0. The van der Waals surface area contributed by atoms with E-state index >= 15 is 0 Å². The summed E-state index contributed by atoms with van der Waals surface area (Å²) < 4.78 is 81.4. The largest absolute Gasteiger partial charge is 0.461 e. The zero-order chi connectivity index (χ0) is 17.7. The van der Waals surface area contributed by atoms with E-state index in [0.717, 1.165) is 6.07 Å². The topological polar surface area (TPSA) is 24.5 Å². The number of benzene rings is 1. The van der Waals surface area contributed by atoms with Gasteiger partial charge in [-0.15, -0.1) is 0 Å². The van der Waals surface area contributed by atoms with Crippen LogP contribution in [0.3, 0.4) is 0 Å². The lowest BCUT2D eigenvalue weighted by atomic mass is 10.00. The van der Waals surface area contributed by atoms with Crippen molar-refractivity contribution < 1.29 is 31.1 Å². The van der Waals surface area contributed by atoms with Crippen LogP contribution >= 0.6 is 0 Å². The SMILES string of the molecule is FC(F)C[C@H](c1ccccc1OC(F)(F)C(F)F)N1CCNCC1. The standard InChI is InChI=1S/C15H18F6N2O/c16-13(17)9-11(23-7-5-22-6-8-23)10-3-1-2-4-12(10)24-15(20,21)14(18)19/h1-4,11,13-14,22H,5-9H2/t11-/m1/s1. The Bertz CT molecular complexity index is 522. The molecule has 136 valence electrons. The lowest BCUT2D eigenvalue weighted by molar-refractivity contribution is -0.253. The molecule has 0 aliphatic carbocycles. The minimum atomic E-state index is -4.69. The molecule has 1 N–H and O–H groups in total. The smallest absolute Gasteiger partial charge is 0.428 e. The van der Waals surface area contributed by atoms with Crippen molar-refractivity contribution in [2.75, 3.05) is 26.2 Å². The van der Waals surface area contributed by atoms with Crippen molar-refractivity contribution in [2.45, 2.75) is 31.4 Å². The van der Waals surface area contributed by atoms with Crippen LogP contribution in [0.25, 0.3) is 0 Å². The van der Waals surface area contributed by atoms with Gasteiger partial charge in [-0.3, -0.25) is 4.90 Å². The maximum absolute atomic E-state index is 13.2. The minimum absolute atomic E-state index is 0.0556. The fourth-order valence-electron chi connectivity index (χ4n) is 2.68. The third-order valence-corrected chi connectivity index (χ3v) is 3.77. The molecule has 0 unspecified atom stereocenters. The van der Waals surface area contributed by atoms with Gasteiger partial charge in [0, 0.05) is 44.2 Å². The Kier molecular flexibility index (Phi) is 6.34. The molecule has 0 bridgehead atoms. The van der Waals surface area contributed by atoms with Gasteiger partial charge in [-0.05, 0) is 6.07 Å². The van der Waals surface area contributed by atoms with Crippen LogP contribution in [0.1, 0.15) is 18.0 Å². The van der Waals surface area contributed by atoms with E-state index in [1.54, 1.807) is 4.90 Å². The van der Waals surface area contributed by atoms with Crippen molar-refractivity contribution in [1.29, 1.82) is 0 Å². The summed E-state index contributed by atoms with van der Waals surface area (Å²) in [7, 11) is 0. The zero-order valence-corrected chi connectivity index (χ0v) is 12.7. The summed E-state index contributed by atoms with van der Waals surface area (Å²) in [4.78, 5) is 1.71. The maximum Gasteiger partial charge on any atom is 0.461 e. The minimum Gasteiger partial charge on any atom is -0.428 e. The van der Waals surface area contributed by atoms with Crippen molar-refractivity contribution in [2.24, 2.45) is 0 Å². The summed E-state index contributed by atoms with van der Waals surface area (Å²) in [5, 5.41) is 3.06. The molecule has 0 radical (unpaired) electrons. The third kappa shape index (κ3) is 4.76. The van der Waals surface area contributed by atoms with E-state index in [-0.39, 0.29) is 5.56 Å². The molecular formula is C15H18F6N2O. The van der Waals surface area contributed by atoms with Gasteiger partial charge in [-0.25, -0.2) is 8.78 Å². The van der Waals surface area contributed by atoms with Gasteiger partial charge in [0.05, 0.1) is 0 Å². The molecule has 1 aromatic carbocycles. The van der Waals surface area contributed by atoms with E-state index in [0.29, 0.717) is 26.2 Å². The highest BCUT2D eigenvalue weighted by Crippen LogP contribution is 2.37. The number of nitrogens with zero attached hydrogens (tertiary/aromatic N) is 1. The van der Waals surface area contributed by atoms with Crippen molar-refractivity contribution in [3.8, 4) is 5.75 Å². The molecule has 1 atom stereocenters. The Balaban J connectivity index is 2.31. The van der Waals surface area contributed by atoms with Gasteiger partial charge in [0.15, 0.2) is 0 Å². The summed E-state index contributed by atoms with van der Waals surface area (Å²) in [5.74, 6) is -0.507. The fraction of sp³-hybridized carbons (Fsp3) is 0.600. The van der Waals surface area contributed by atoms with Crippen molar-refractivity contribution in [1.82, 2.24) is 10.2 Å². The normalized spacial score (nSPS) is 18.2. The van der Waals surface area contributed by atoms with Crippen LogP contribution in [0.2, 0.25) is 0 Å². The number of hydrogen-bond acceptors (Lipinski definition) is 3. The van der Waals surface area contributed by atoms with Crippen molar-refractivity contribution in [3.63, 3.8) is 0 Å². The third-order valence-electron chi connectivity index (χ3n) is 3.77. The average Bonchev–Trinajstić information content (AvgIpc) is 2.53. The predicted octanol–water partition coefficient (Wildman–Crippen LogP) is 3.52. The molecule has 0 aromatic heterocycles. The second-order valence-corrected chi connectivity index (χ2v) is 5.43. The number of alkyl halides is 6. The van der Waals surface area contributed by atoms with Crippen LogP contribution in [0.15, 0.2) is 24.3 Å². The van der Waals surface area contributed by atoms with Gasteiger partial charge in [0.1, 0.15) is 5.75 Å². The first-order valence-electron chi connectivity index (χ1n) is 7.48. The number of halogens is 6. The first kappa shape index (κ1) is 18.9. The second-order valence-electron chi connectivity index (χ2n) is 5.43. The van der Waals surface area contributed by atoms with E-state index in [2.05, 4.69) is 10.1 Å². The Morgan fingerprint density at radius 1 is 1.08 bits per heavy atom. The summed E-state index contributed by atoms with van der Waals surface area (Å²) in [6.45, 7) is 2.01. The molecule has 3 nitrogen and oxygen atoms in total. The molecule has 9 heteroatoms. The van der Waals surface area contributed by atoms with E-state index in [9.17, 15) is 26.3 Å². The lowest BCUT2D eigenvalue weighted by Gasteiger charge is -2.36. The molecule has 1 saturated heterocycles. The monoisotopic (exact) mass is 356 g/mol. The Hall–Kier alpha value is -1.48. The summed E-state index contributed by atoms with van der Waals surface area (Å²) in [6.07, 6.45) is -12.0. The van der Waals surface area contributed by atoms with E-state index in [1.165, 1.54) is 18.2 Å². The summed E-state index contributed by atoms with van der Waals surface area (Å²) in [5.41, 5.74) is 0.0556. The number of ether oxygens (including phenoxy) is 1. The Morgan fingerprint density at radius 2 is 1.71 bits per heavy atom.